The molecule has 6 heteroatoms. The number of benzene rings is 1. The van der Waals surface area contributed by atoms with Gasteiger partial charge in [-0.3, -0.25) is 4.79 Å². The molecule has 0 aliphatic rings. The summed E-state index contributed by atoms with van der Waals surface area (Å²) in [6, 6.07) is 7.27. The number of hydrogen-bond donors (Lipinski definition) is 0. The topological polar surface area (TPSA) is 42.4 Å². The van der Waals surface area contributed by atoms with Crippen LogP contribution in [0.2, 0.25) is 5.02 Å². The molecule has 116 valence electrons. The van der Waals surface area contributed by atoms with Crippen LogP contribution in [0, 0.1) is 6.92 Å². The second-order valence-corrected chi connectivity index (χ2v) is 6.38. The van der Waals surface area contributed by atoms with Crippen molar-refractivity contribution in [1.82, 2.24) is 9.88 Å². The van der Waals surface area contributed by atoms with E-state index in [0.717, 1.165) is 10.7 Å². The minimum absolute atomic E-state index is 0.0484. The van der Waals surface area contributed by atoms with Crippen molar-refractivity contribution >= 4 is 28.7 Å². The molecule has 0 spiro atoms. The summed E-state index contributed by atoms with van der Waals surface area (Å²) in [5.74, 6) is 0.560. The molecule has 1 aromatic heterocycles. The molecule has 2 rings (SSSR count). The first-order valence-corrected chi connectivity index (χ1v) is 7.89. The molecule has 0 N–H and O–H groups in total. The fraction of sp³-hybridized carbons (Fsp3) is 0.250. The van der Waals surface area contributed by atoms with Crippen LogP contribution < -0.4 is 4.74 Å². The van der Waals surface area contributed by atoms with Gasteiger partial charge in [0.25, 0.3) is 0 Å². The number of carbonyl (C=O) groups is 1. The highest BCUT2D eigenvalue weighted by Gasteiger charge is 2.14. The standard InChI is InChI=1S/C16H17ClN2O2S/c1-11-16(13(20)8-9-19(2)3)22-15(18-11)10-21-14-7-5-4-6-12(14)17/h4-9H,10H2,1-3H3/b9-8+. The van der Waals surface area contributed by atoms with E-state index in [1.54, 1.807) is 24.4 Å². The van der Waals surface area contributed by atoms with Crippen molar-refractivity contribution in [2.24, 2.45) is 0 Å². The molecule has 4 nitrogen and oxygen atoms in total. The van der Waals surface area contributed by atoms with Gasteiger partial charge in [-0.15, -0.1) is 11.3 Å². The Bertz CT molecular complexity index is 695. The Balaban J connectivity index is 2.07. The zero-order valence-corrected chi connectivity index (χ0v) is 14.2. The second-order valence-electron chi connectivity index (χ2n) is 4.88. The lowest BCUT2D eigenvalue weighted by Gasteiger charge is -2.05. The molecule has 2 aromatic rings. The minimum Gasteiger partial charge on any atom is -0.485 e. The maximum absolute atomic E-state index is 12.1. The van der Waals surface area contributed by atoms with Crippen LogP contribution in [0.4, 0.5) is 0 Å². The zero-order valence-electron chi connectivity index (χ0n) is 12.7. The van der Waals surface area contributed by atoms with Crippen molar-refractivity contribution in [3.8, 4) is 5.75 Å². The summed E-state index contributed by atoms with van der Waals surface area (Å²) in [7, 11) is 3.73. The van der Waals surface area contributed by atoms with Gasteiger partial charge < -0.3 is 9.64 Å². The van der Waals surface area contributed by atoms with Gasteiger partial charge in [0.2, 0.25) is 0 Å². The van der Waals surface area contributed by atoms with Gasteiger partial charge in [0.1, 0.15) is 17.4 Å². The Morgan fingerprint density at radius 1 is 1.41 bits per heavy atom. The highest BCUT2D eigenvalue weighted by molar-refractivity contribution is 7.14. The summed E-state index contributed by atoms with van der Waals surface area (Å²) in [5.41, 5.74) is 0.719. The molecule has 0 saturated carbocycles. The van der Waals surface area contributed by atoms with E-state index in [1.165, 1.54) is 11.3 Å². The maximum Gasteiger partial charge on any atom is 0.199 e. The number of rotatable bonds is 6. The van der Waals surface area contributed by atoms with Crippen LogP contribution in [0.5, 0.6) is 5.75 Å². The van der Waals surface area contributed by atoms with Crippen molar-refractivity contribution in [3.63, 3.8) is 0 Å². The largest absolute Gasteiger partial charge is 0.485 e. The quantitative estimate of drug-likeness (QED) is 0.592. The van der Waals surface area contributed by atoms with Gasteiger partial charge >= 0.3 is 0 Å². The van der Waals surface area contributed by atoms with Crippen molar-refractivity contribution in [2.75, 3.05) is 14.1 Å². The summed E-state index contributed by atoms with van der Waals surface area (Å²) in [5, 5.41) is 1.31. The summed E-state index contributed by atoms with van der Waals surface area (Å²) in [4.78, 5) is 18.9. The third kappa shape index (κ3) is 4.32. The Kier molecular flexibility index (Phi) is 5.57. The highest BCUT2D eigenvalue weighted by atomic mass is 35.5. The van der Waals surface area contributed by atoms with Crippen LogP contribution in [0.3, 0.4) is 0 Å². The first-order valence-electron chi connectivity index (χ1n) is 6.70. The lowest BCUT2D eigenvalue weighted by Crippen LogP contribution is -2.02. The van der Waals surface area contributed by atoms with Gasteiger partial charge in [-0.25, -0.2) is 4.98 Å². The van der Waals surface area contributed by atoms with E-state index in [9.17, 15) is 4.79 Å². The third-order valence-electron chi connectivity index (χ3n) is 2.78. The lowest BCUT2D eigenvalue weighted by atomic mass is 10.3. The molecule has 22 heavy (non-hydrogen) atoms. The molecule has 0 aliphatic carbocycles. The van der Waals surface area contributed by atoms with Crippen LogP contribution in [-0.2, 0) is 6.61 Å². The van der Waals surface area contributed by atoms with Crippen LogP contribution >= 0.6 is 22.9 Å². The Morgan fingerprint density at radius 3 is 2.82 bits per heavy atom. The van der Waals surface area contributed by atoms with E-state index in [4.69, 9.17) is 16.3 Å². The fourth-order valence-electron chi connectivity index (χ4n) is 1.74. The number of carbonyl (C=O) groups excluding carboxylic acids is 1. The normalized spacial score (nSPS) is 10.9. The molecular formula is C16H17ClN2O2S. The minimum atomic E-state index is -0.0484. The Morgan fingerprint density at radius 2 is 2.14 bits per heavy atom. The molecule has 0 bridgehead atoms. The van der Waals surface area contributed by atoms with Crippen LogP contribution in [0.25, 0.3) is 0 Å². The number of aromatic nitrogens is 1. The van der Waals surface area contributed by atoms with Crippen LogP contribution in [0.15, 0.2) is 36.5 Å². The SMILES string of the molecule is Cc1nc(COc2ccccc2Cl)sc1C(=O)/C=C/N(C)C. The van der Waals surface area contributed by atoms with Gasteiger partial charge in [-0.1, -0.05) is 23.7 Å². The van der Waals surface area contributed by atoms with E-state index < -0.39 is 0 Å². The predicted molar refractivity (Wildman–Crippen MR) is 89.8 cm³/mol. The number of ketones is 1. The average molecular weight is 337 g/mol. The molecule has 0 radical (unpaired) electrons. The highest BCUT2D eigenvalue weighted by Crippen LogP contribution is 2.26. The van der Waals surface area contributed by atoms with E-state index >= 15 is 0 Å². The Hall–Kier alpha value is -1.85. The first-order chi connectivity index (χ1) is 10.5. The van der Waals surface area contributed by atoms with Gasteiger partial charge in [0.15, 0.2) is 5.78 Å². The second kappa shape index (κ2) is 7.42. The number of halogens is 1. The molecule has 0 unspecified atom stereocenters. The third-order valence-corrected chi connectivity index (χ3v) is 4.23. The van der Waals surface area contributed by atoms with E-state index in [-0.39, 0.29) is 5.78 Å². The van der Waals surface area contributed by atoms with Crippen LogP contribution in [-0.4, -0.2) is 29.8 Å². The molecule has 1 heterocycles. The number of para-hydroxylation sites is 1. The molecular weight excluding hydrogens is 320 g/mol. The smallest absolute Gasteiger partial charge is 0.199 e. The fourth-order valence-corrected chi connectivity index (χ4v) is 2.82. The van der Waals surface area contributed by atoms with Gasteiger partial charge in [-0.2, -0.15) is 0 Å². The van der Waals surface area contributed by atoms with E-state index in [1.807, 2.05) is 38.1 Å². The van der Waals surface area contributed by atoms with Crippen LogP contribution in [0.1, 0.15) is 20.4 Å². The number of aryl methyl sites for hydroxylation is 1. The molecule has 0 amide bonds. The van der Waals surface area contributed by atoms with Gasteiger partial charge in [0, 0.05) is 26.4 Å². The Labute approximate surface area is 139 Å². The molecule has 0 aliphatic heterocycles. The first kappa shape index (κ1) is 16.5. The number of ether oxygens (including phenoxy) is 1. The van der Waals surface area contributed by atoms with Gasteiger partial charge in [0.05, 0.1) is 15.6 Å². The van der Waals surface area contributed by atoms with Crippen molar-refractivity contribution < 1.29 is 9.53 Å². The monoisotopic (exact) mass is 336 g/mol. The van der Waals surface area contributed by atoms with Gasteiger partial charge in [-0.05, 0) is 19.1 Å². The molecule has 0 saturated heterocycles. The summed E-state index contributed by atoms with van der Waals surface area (Å²) in [6.07, 6.45) is 3.26. The van der Waals surface area contributed by atoms with E-state index in [0.29, 0.717) is 22.3 Å². The summed E-state index contributed by atoms with van der Waals surface area (Å²) >= 11 is 7.38. The van der Waals surface area contributed by atoms with E-state index in [2.05, 4.69) is 4.98 Å². The number of nitrogens with zero attached hydrogens (tertiary/aromatic N) is 2. The molecule has 0 fully saturated rings. The molecule has 0 atom stereocenters. The average Bonchev–Trinajstić information content (AvgIpc) is 2.85. The summed E-state index contributed by atoms with van der Waals surface area (Å²) in [6.45, 7) is 2.12. The van der Waals surface area contributed by atoms with Crippen molar-refractivity contribution in [1.29, 1.82) is 0 Å². The van der Waals surface area contributed by atoms with Crippen molar-refractivity contribution in [2.45, 2.75) is 13.5 Å². The number of hydrogen-bond acceptors (Lipinski definition) is 5. The zero-order chi connectivity index (χ0) is 16.1. The number of allylic oxidation sites excluding steroid dienone is 1. The lowest BCUT2D eigenvalue weighted by molar-refractivity contribution is 0.104. The summed E-state index contributed by atoms with van der Waals surface area (Å²) < 4.78 is 5.65. The number of thiazole rings is 1. The maximum atomic E-state index is 12.1. The molecule has 1 aromatic carbocycles. The van der Waals surface area contributed by atoms with Crippen molar-refractivity contribution in [3.05, 3.63) is 57.1 Å². The predicted octanol–water partition coefficient (Wildman–Crippen LogP) is 3.94.